The first-order valence-electron chi connectivity index (χ1n) is 8.22. The molecule has 2 heterocycles. The number of hydrogen-bond acceptors (Lipinski definition) is 4. The van der Waals surface area contributed by atoms with Crippen LogP contribution in [0, 0.1) is 6.92 Å². The quantitative estimate of drug-likeness (QED) is 0.932. The van der Waals surface area contributed by atoms with Gasteiger partial charge in [0.15, 0.2) is 0 Å². The lowest BCUT2D eigenvalue weighted by atomic mass is 9.90. The first-order valence-corrected chi connectivity index (χ1v) is 9.04. The minimum atomic E-state index is -0.0211. The Labute approximate surface area is 141 Å². The number of rotatable bonds is 4. The molecule has 0 saturated carbocycles. The van der Waals surface area contributed by atoms with Crippen LogP contribution in [0.2, 0.25) is 0 Å². The number of aryl methyl sites for hydroxylation is 2. The molecule has 0 aliphatic heterocycles. The van der Waals surface area contributed by atoms with Crippen LogP contribution < -0.4 is 0 Å². The fourth-order valence-electron chi connectivity index (χ4n) is 3.16. The van der Waals surface area contributed by atoms with Crippen LogP contribution in [0.15, 0.2) is 6.07 Å². The average molecular weight is 332 g/mol. The number of likely N-dealkylation sites (N-methyl/N-ethyl adjacent to an activating group) is 1. The SMILES string of the molecule is Cc1nc2c(s1)CCCC2CN(C)C(=O)c1cc(C(C)C)[nH]n1. The summed E-state index contributed by atoms with van der Waals surface area (Å²) < 4.78 is 0. The topological polar surface area (TPSA) is 61.9 Å². The largest absolute Gasteiger partial charge is 0.340 e. The number of amides is 1. The maximum absolute atomic E-state index is 12.6. The van der Waals surface area contributed by atoms with E-state index in [0.29, 0.717) is 24.1 Å². The van der Waals surface area contributed by atoms with Gasteiger partial charge in [-0.05, 0) is 38.2 Å². The van der Waals surface area contributed by atoms with E-state index >= 15 is 0 Å². The second kappa shape index (κ2) is 6.43. The standard InChI is InChI=1S/C17H24N4OS/c1-10(2)13-8-14(20-19-13)17(22)21(4)9-12-6-5-7-15-16(12)18-11(3)23-15/h8,10,12H,5-7,9H2,1-4H3,(H,19,20). The summed E-state index contributed by atoms with van der Waals surface area (Å²) >= 11 is 1.80. The summed E-state index contributed by atoms with van der Waals surface area (Å²) in [7, 11) is 1.86. The van der Waals surface area contributed by atoms with E-state index in [1.807, 2.05) is 13.1 Å². The smallest absolute Gasteiger partial charge is 0.274 e. The van der Waals surface area contributed by atoms with Crippen LogP contribution in [0.1, 0.15) is 70.3 Å². The summed E-state index contributed by atoms with van der Waals surface area (Å²) in [5, 5.41) is 8.25. The van der Waals surface area contributed by atoms with Gasteiger partial charge in [0, 0.05) is 30.1 Å². The number of H-pyrrole nitrogens is 1. The summed E-state index contributed by atoms with van der Waals surface area (Å²) in [6, 6.07) is 1.86. The molecule has 5 nitrogen and oxygen atoms in total. The van der Waals surface area contributed by atoms with Crippen LogP contribution in [0.3, 0.4) is 0 Å². The summed E-state index contributed by atoms with van der Waals surface area (Å²) in [6.45, 7) is 6.93. The van der Waals surface area contributed by atoms with Crippen LogP contribution in [-0.2, 0) is 6.42 Å². The van der Waals surface area contributed by atoms with Gasteiger partial charge in [0.25, 0.3) is 5.91 Å². The van der Waals surface area contributed by atoms with Crippen molar-refractivity contribution in [1.29, 1.82) is 0 Å². The molecule has 23 heavy (non-hydrogen) atoms. The third kappa shape index (κ3) is 3.32. The first-order chi connectivity index (χ1) is 11.0. The Morgan fingerprint density at radius 3 is 3.00 bits per heavy atom. The van der Waals surface area contributed by atoms with Crippen LogP contribution in [0.25, 0.3) is 0 Å². The lowest BCUT2D eigenvalue weighted by molar-refractivity contribution is 0.0777. The zero-order chi connectivity index (χ0) is 16.6. The minimum Gasteiger partial charge on any atom is -0.340 e. The van der Waals surface area contributed by atoms with E-state index in [9.17, 15) is 4.79 Å². The fraction of sp³-hybridized carbons (Fsp3) is 0.588. The van der Waals surface area contributed by atoms with Gasteiger partial charge in [-0.15, -0.1) is 11.3 Å². The Morgan fingerprint density at radius 2 is 2.30 bits per heavy atom. The Bertz CT molecular complexity index is 703. The monoisotopic (exact) mass is 332 g/mol. The van der Waals surface area contributed by atoms with Crippen molar-refractivity contribution in [3.63, 3.8) is 0 Å². The number of carbonyl (C=O) groups is 1. The highest BCUT2D eigenvalue weighted by molar-refractivity contribution is 7.11. The van der Waals surface area contributed by atoms with Gasteiger partial charge in [-0.1, -0.05) is 13.8 Å². The van der Waals surface area contributed by atoms with E-state index < -0.39 is 0 Å². The van der Waals surface area contributed by atoms with Crippen molar-refractivity contribution in [2.75, 3.05) is 13.6 Å². The molecule has 2 aromatic rings. The highest BCUT2D eigenvalue weighted by atomic mass is 32.1. The summed E-state index contributed by atoms with van der Waals surface area (Å²) in [5.41, 5.74) is 2.71. The molecule has 0 spiro atoms. The maximum atomic E-state index is 12.6. The van der Waals surface area contributed by atoms with E-state index in [2.05, 4.69) is 31.0 Å². The summed E-state index contributed by atoms with van der Waals surface area (Å²) in [5.74, 6) is 0.668. The van der Waals surface area contributed by atoms with Gasteiger partial charge in [-0.25, -0.2) is 4.98 Å². The van der Waals surface area contributed by atoms with Gasteiger partial charge in [-0.3, -0.25) is 9.89 Å². The fourth-order valence-corrected chi connectivity index (χ4v) is 4.22. The van der Waals surface area contributed by atoms with Crippen LogP contribution in [0.5, 0.6) is 0 Å². The molecule has 6 heteroatoms. The molecule has 0 radical (unpaired) electrons. The van der Waals surface area contributed by atoms with Gasteiger partial charge < -0.3 is 4.90 Å². The second-order valence-electron chi connectivity index (χ2n) is 6.68. The van der Waals surface area contributed by atoms with Crippen LogP contribution in [0.4, 0.5) is 0 Å². The first kappa shape index (κ1) is 16.2. The molecular formula is C17H24N4OS. The van der Waals surface area contributed by atoms with Crippen molar-refractivity contribution < 1.29 is 4.79 Å². The van der Waals surface area contributed by atoms with Gasteiger partial charge in [-0.2, -0.15) is 5.10 Å². The molecule has 1 atom stereocenters. The zero-order valence-electron chi connectivity index (χ0n) is 14.2. The number of nitrogens with one attached hydrogen (secondary N) is 1. The van der Waals surface area contributed by atoms with Gasteiger partial charge >= 0.3 is 0 Å². The highest BCUT2D eigenvalue weighted by Crippen LogP contribution is 2.35. The molecular weight excluding hydrogens is 308 g/mol. The highest BCUT2D eigenvalue weighted by Gasteiger charge is 2.27. The second-order valence-corrected chi connectivity index (χ2v) is 7.97. The predicted octanol–water partition coefficient (Wildman–Crippen LogP) is 3.49. The molecule has 1 aliphatic rings. The third-order valence-corrected chi connectivity index (χ3v) is 5.50. The lowest BCUT2D eigenvalue weighted by Gasteiger charge is -2.26. The molecule has 0 bridgehead atoms. The molecule has 0 fully saturated rings. The number of nitrogens with zero attached hydrogens (tertiary/aromatic N) is 3. The van der Waals surface area contributed by atoms with E-state index in [-0.39, 0.29) is 5.91 Å². The molecule has 1 N–H and O–H groups in total. The summed E-state index contributed by atoms with van der Waals surface area (Å²) in [6.07, 6.45) is 3.42. The van der Waals surface area contributed by atoms with Crippen molar-refractivity contribution in [2.24, 2.45) is 0 Å². The van der Waals surface area contributed by atoms with Crippen molar-refractivity contribution in [3.8, 4) is 0 Å². The Balaban J connectivity index is 1.71. The van der Waals surface area contributed by atoms with E-state index in [0.717, 1.165) is 23.5 Å². The molecule has 0 saturated heterocycles. The number of thiazole rings is 1. The molecule has 1 amide bonds. The van der Waals surface area contributed by atoms with Crippen molar-refractivity contribution in [2.45, 2.75) is 51.9 Å². The molecule has 2 aromatic heterocycles. The molecule has 124 valence electrons. The number of fused-ring (bicyclic) bond motifs is 1. The summed E-state index contributed by atoms with van der Waals surface area (Å²) in [4.78, 5) is 20.5. The zero-order valence-corrected chi connectivity index (χ0v) is 15.0. The van der Waals surface area contributed by atoms with E-state index in [1.165, 1.54) is 17.0 Å². The number of aromatic nitrogens is 3. The number of carbonyl (C=O) groups excluding carboxylic acids is 1. The Morgan fingerprint density at radius 1 is 1.52 bits per heavy atom. The van der Waals surface area contributed by atoms with Crippen LogP contribution >= 0.6 is 11.3 Å². The molecule has 0 aromatic carbocycles. The number of aromatic amines is 1. The molecule has 1 aliphatic carbocycles. The Hall–Kier alpha value is -1.69. The average Bonchev–Trinajstić information content (AvgIpc) is 3.12. The number of hydrogen-bond donors (Lipinski definition) is 1. The molecule has 3 rings (SSSR count). The Kier molecular flexibility index (Phi) is 4.53. The van der Waals surface area contributed by atoms with Crippen molar-refractivity contribution >= 4 is 17.2 Å². The van der Waals surface area contributed by atoms with Crippen LogP contribution in [-0.4, -0.2) is 39.6 Å². The third-order valence-electron chi connectivity index (χ3n) is 4.46. The van der Waals surface area contributed by atoms with Gasteiger partial charge in [0.1, 0.15) is 5.69 Å². The minimum absolute atomic E-state index is 0.0211. The maximum Gasteiger partial charge on any atom is 0.274 e. The molecule has 1 unspecified atom stereocenters. The van der Waals surface area contributed by atoms with E-state index in [4.69, 9.17) is 4.98 Å². The lowest BCUT2D eigenvalue weighted by Crippen LogP contribution is -2.32. The van der Waals surface area contributed by atoms with E-state index in [1.54, 1.807) is 16.2 Å². The van der Waals surface area contributed by atoms with Gasteiger partial charge in [0.05, 0.1) is 10.7 Å². The predicted molar refractivity (Wildman–Crippen MR) is 92.2 cm³/mol. The normalized spacial score (nSPS) is 17.3. The van der Waals surface area contributed by atoms with Gasteiger partial charge in [0.2, 0.25) is 0 Å². The van der Waals surface area contributed by atoms with Crippen molar-refractivity contribution in [1.82, 2.24) is 20.1 Å². The van der Waals surface area contributed by atoms with Crippen molar-refractivity contribution in [3.05, 3.63) is 33.0 Å².